The molecule has 4 rings (SSSR count). The van der Waals surface area contributed by atoms with Gasteiger partial charge in [0.15, 0.2) is 0 Å². The number of nitrogens with zero attached hydrogens (tertiary/aromatic N) is 2. The molecule has 3 aromatic rings. The Kier molecular flexibility index (Phi) is 4.86. The summed E-state index contributed by atoms with van der Waals surface area (Å²) in [5.41, 5.74) is 3.48. The van der Waals surface area contributed by atoms with Crippen LogP contribution in [0.1, 0.15) is 35.5 Å². The first-order valence-electron chi connectivity index (χ1n) is 9.27. The van der Waals surface area contributed by atoms with Gasteiger partial charge in [0.1, 0.15) is 23.4 Å². The summed E-state index contributed by atoms with van der Waals surface area (Å²) >= 11 is 0. The fourth-order valence-electron chi connectivity index (χ4n) is 3.68. The van der Waals surface area contributed by atoms with Crippen molar-refractivity contribution in [2.45, 2.75) is 32.0 Å². The average Bonchev–Trinajstić information content (AvgIpc) is 3.26. The molecule has 140 valence electrons. The highest BCUT2D eigenvalue weighted by atomic mass is 16.5. The molecule has 1 aliphatic rings. The van der Waals surface area contributed by atoms with E-state index in [9.17, 15) is 0 Å². The molecule has 0 fully saturated rings. The first-order valence-corrected chi connectivity index (χ1v) is 9.27. The second-order valence-electron chi connectivity index (χ2n) is 7.03. The molecule has 0 amide bonds. The van der Waals surface area contributed by atoms with Crippen LogP contribution < -0.4 is 14.8 Å². The Hall–Kier alpha value is -2.79. The van der Waals surface area contributed by atoms with Gasteiger partial charge in [-0.05, 0) is 24.6 Å². The molecule has 0 aliphatic carbocycles. The number of nitrogens with one attached hydrogen (secondary N) is 1. The number of imidazole rings is 1. The summed E-state index contributed by atoms with van der Waals surface area (Å²) in [4.78, 5) is 4.56. The van der Waals surface area contributed by atoms with Crippen molar-refractivity contribution in [1.29, 1.82) is 0 Å². The molecule has 0 unspecified atom stereocenters. The monoisotopic (exact) mass is 363 g/mol. The highest BCUT2D eigenvalue weighted by Gasteiger charge is 2.23. The van der Waals surface area contributed by atoms with Crippen LogP contribution in [0.25, 0.3) is 0 Å². The summed E-state index contributed by atoms with van der Waals surface area (Å²) in [6, 6.07) is 14.6. The minimum absolute atomic E-state index is 0.0102. The summed E-state index contributed by atoms with van der Waals surface area (Å²) < 4.78 is 13.6. The Labute approximate surface area is 160 Å². The van der Waals surface area contributed by atoms with Crippen LogP contribution in [0, 0.1) is 0 Å². The maximum Gasteiger partial charge on any atom is 0.130 e. The van der Waals surface area contributed by atoms with Crippen molar-refractivity contribution >= 4 is 0 Å². The summed E-state index contributed by atoms with van der Waals surface area (Å²) in [5, 5.41) is 3.65. The van der Waals surface area contributed by atoms with Crippen LogP contribution in [0.2, 0.25) is 0 Å². The van der Waals surface area contributed by atoms with Gasteiger partial charge in [0.25, 0.3) is 0 Å². The number of ether oxygens (including phenoxy) is 2. The van der Waals surface area contributed by atoms with Crippen LogP contribution in [0.4, 0.5) is 0 Å². The molecule has 2 aromatic carbocycles. The van der Waals surface area contributed by atoms with Gasteiger partial charge in [0.05, 0.1) is 13.2 Å². The van der Waals surface area contributed by atoms with E-state index in [0.717, 1.165) is 29.3 Å². The Balaban J connectivity index is 1.62. The van der Waals surface area contributed by atoms with Crippen molar-refractivity contribution in [3.05, 3.63) is 77.4 Å². The van der Waals surface area contributed by atoms with Crippen molar-refractivity contribution in [3.63, 3.8) is 0 Å². The molecule has 0 spiro atoms. The zero-order valence-corrected chi connectivity index (χ0v) is 16.0. The molecule has 2 heterocycles. The predicted octanol–water partition coefficient (Wildman–Crippen LogP) is 3.63. The fourth-order valence-corrected chi connectivity index (χ4v) is 3.68. The van der Waals surface area contributed by atoms with Crippen LogP contribution in [0.3, 0.4) is 0 Å². The van der Waals surface area contributed by atoms with E-state index in [1.165, 1.54) is 11.1 Å². The molecule has 0 bridgehead atoms. The predicted molar refractivity (Wildman–Crippen MR) is 105 cm³/mol. The SMILES string of the molecule is COc1cc2c(cc1CN[C@H](c1ccccc1)c1nccn1C)O[C@@H](C)C2. The Morgan fingerprint density at radius 3 is 2.81 bits per heavy atom. The lowest BCUT2D eigenvalue weighted by molar-refractivity contribution is 0.254. The fraction of sp³-hybridized carbons (Fsp3) is 0.318. The van der Waals surface area contributed by atoms with Gasteiger partial charge >= 0.3 is 0 Å². The smallest absolute Gasteiger partial charge is 0.130 e. The molecule has 2 atom stereocenters. The maximum atomic E-state index is 5.93. The lowest BCUT2D eigenvalue weighted by atomic mass is 10.0. The molecule has 1 aliphatic heterocycles. The van der Waals surface area contributed by atoms with Gasteiger partial charge in [-0.3, -0.25) is 5.32 Å². The summed E-state index contributed by atoms with van der Waals surface area (Å²) in [6.07, 6.45) is 4.95. The third-order valence-electron chi connectivity index (χ3n) is 5.05. The molecule has 1 N–H and O–H groups in total. The molecular weight excluding hydrogens is 338 g/mol. The number of fused-ring (bicyclic) bond motifs is 1. The zero-order valence-electron chi connectivity index (χ0n) is 16.0. The van der Waals surface area contributed by atoms with E-state index < -0.39 is 0 Å². The Morgan fingerprint density at radius 1 is 1.30 bits per heavy atom. The van der Waals surface area contributed by atoms with Gasteiger partial charge in [-0.15, -0.1) is 0 Å². The van der Waals surface area contributed by atoms with Gasteiger partial charge in [0.2, 0.25) is 0 Å². The largest absolute Gasteiger partial charge is 0.496 e. The highest BCUT2D eigenvalue weighted by Crippen LogP contribution is 2.35. The lowest BCUT2D eigenvalue weighted by Crippen LogP contribution is -2.25. The molecule has 5 heteroatoms. The van der Waals surface area contributed by atoms with Crippen molar-refractivity contribution in [1.82, 2.24) is 14.9 Å². The first-order chi connectivity index (χ1) is 13.2. The second-order valence-corrected chi connectivity index (χ2v) is 7.03. The number of methoxy groups -OCH3 is 1. The molecule has 1 aromatic heterocycles. The van der Waals surface area contributed by atoms with Gasteiger partial charge < -0.3 is 14.0 Å². The van der Waals surface area contributed by atoms with E-state index >= 15 is 0 Å². The lowest BCUT2D eigenvalue weighted by Gasteiger charge is -2.20. The number of hydrogen-bond donors (Lipinski definition) is 1. The molecular formula is C22H25N3O2. The number of aromatic nitrogens is 2. The standard InChI is InChI=1S/C22H25N3O2/c1-15-11-17-12-19(26-3)18(13-20(17)27-15)14-24-21(16-7-5-4-6-8-16)22-23-9-10-25(22)2/h4-10,12-13,15,21,24H,11,14H2,1-3H3/t15-,21+/m0/s1. The van der Waals surface area contributed by atoms with Gasteiger partial charge in [-0.25, -0.2) is 4.98 Å². The van der Waals surface area contributed by atoms with Crippen molar-refractivity contribution in [3.8, 4) is 11.5 Å². The van der Waals surface area contributed by atoms with E-state index in [0.29, 0.717) is 6.54 Å². The summed E-state index contributed by atoms with van der Waals surface area (Å²) in [5.74, 6) is 2.84. The van der Waals surface area contributed by atoms with Gasteiger partial charge in [-0.2, -0.15) is 0 Å². The van der Waals surface area contributed by atoms with Gasteiger partial charge in [0, 0.05) is 43.5 Å². The quantitative estimate of drug-likeness (QED) is 0.727. The van der Waals surface area contributed by atoms with E-state index in [1.807, 2.05) is 25.5 Å². The molecule has 27 heavy (non-hydrogen) atoms. The normalized spacial score (nSPS) is 16.6. The topological polar surface area (TPSA) is 48.3 Å². The van der Waals surface area contributed by atoms with E-state index in [2.05, 4.69) is 58.2 Å². The Morgan fingerprint density at radius 2 is 2.11 bits per heavy atom. The third kappa shape index (κ3) is 3.55. The number of benzene rings is 2. The average molecular weight is 363 g/mol. The molecule has 5 nitrogen and oxygen atoms in total. The van der Waals surface area contributed by atoms with Crippen LogP contribution >= 0.6 is 0 Å². The van der Waals surface area contributed by atoms with Crippen LogP contribution in [0.15, 0.2) is 54.9 Å². The van der Waals surface area contributed by atoms with E-state index in [4.69, 9.17) is 9.47 Å². The third-order valence-corrected chi connectivity index (χ3v) is 5.05. The number of hydrogen-bond acceptors (Lipinski definition) is 4. The van der Waals surface area contributed by atoms with Crippen LogP contribution in [0.5, 0.6) is 11.5 Å². The highest BCUT2D eigenvalue weighted by molar-refractivity contribution is 5.48. The Bertz CT molecular complexity index is 921. The van der Waals surface area contributed by atoms with Crippen LogP contribution in [-0.4, -0.2) is 22.8 Å². The molecule has 0 saturated heterocycles. The minimum atomic E-state index is -0.0102. The molecule has 0 saturated carbocycles. The molecule has 0 radical (unpaired) electrons. The van der Waals surface area contributed by atoms with Crippen molar-refractivity contribution in [2.75, 3.05) is 7.11 Å². The van der Waals surface area contributed by atoms with Crippen molar-refractivity contribution < 1.29 is 9.47 Å². The number of rotatable bonds is 6. The maximum absolute atomic E-state index is 5.93. The van der Waals surface area contributed by atoms with E-state index in [1.54, 1.807) is 7.11 Å². The minimum Gasteiger partial charge on any atom is -0.496 e. The summed E-state index contributed by atoms with van der Waals surface area (Å²) in [7, 11) is 3.74. The van der Waals surface area contributed by atoms with Gasteiger partial charge in [-0.1, -0.05) is 30.3 Å². The second kappa shape index (κ2) is 7.45. The zero-order chi connectivity index (χ0) is 18.8. The van der Waals surface area contributed by atoms with Crippen molar-refractivity contribution in [2.24, 2.45) is 7.05 Å². The van der Waals surface area contributed by atoms with Crippen LogP contribution in [-0.2, 0) is 20.0 Å². The van der Waals surface area contributed by atoms with E-state index in [-0.39, 0.29) is 12.1 Å². The summed E-state index contributed by atoms with van der Waals surface area (Å²) in [6.45, 7) is 2.75. The number of aryl methyl sites for hydroxylation is 1. The first kappa shape index (κ1) is 17.6.